The van der Waals surface area contributed by atoms with Gasteiger partial charge in [0.15, 0.2) is 0 Å². The van der Waals surface area contributed by atoms with E-state index in [1.54, 1.807) is 51.9 Å². The van der Waals surface area contributed by atoms with Crippen LogP contribution in [0.4, 0.5) is 5.69 Å². The Morgan fingerprint density at radius 1 is 1.33 bits per heavy atom. The summed E-state index contributed by atoms with van der Waals surface area (Å²) in [7, 11) is 0. The second kappa shape index (κ2) is 10.2. The van der Waals surface area contributed by atoms with E-state index < -0.39 is 39.4 Å². The lowest BCUT2D eigenvalue weighted by molar-refractivity contribution is -0.155. The van der Waals surface area contributed by atoms with Crippen molar-refractivity contribution < 1.29 is 24.2 Å². The van der Waals surface area contributed by atoms with Gasteiger partial charge in [0.1, 0.15) is 12.6 Å². The molecule has 194 valence electrons. The molecule has 2 amide bonds. The van der Waals surface area contributed by atoms with Gasteiger partial charge in [-0.15, -0.1) is 18.3 Å². The minimum atomic E-state index is -0.868. The fourth-order valence-electron chi connectivity index (χ4n) is 6.29. The normalized spacial score (nSPS) is 31.2. The lowest BCUT2D eigenvalue weighted by Crippen LogP contribution is -2.57. The van der Waals surface area contributed by atoms with E-state index in [1.165, 1.54) is 6.08 Å². The van der Waals surface area contributed by atoms with Gasteiger partial charge in [-0.25, -0.2) is 0 Å². The number of para-hydroxylation sites is 1. The molecule has 0 aromatic heterocycles. The smallest absolute Gasteiger partial charge is 0.311 e. The summed E-state index contributed by atoms with van der Waals surface area (Å²) in [4.78, 5) is 44.9. The fourth-order valence-corrected chi connectivity index (χ4v) is 8.86. The van der Waals surface area contributed by atoms with Crippen LogP contribution in [0, 0.1) is 11.8 Å². The van der Waals surface area contributed by atoms with E-state index in [9.17, 15) is 19.5 Å². The van der Waals surface area contributed by atoms with Gasteiger partial charge < -0.3 is 19.6 Å². The van der Waals surface area contributed by atoms with Crippen molar-refractivity contribution in [1.29, 1.82) is 0 Å². The first kappa shape index (κ1) is 26.8. The van der Waals surface area contributed by atoms with E-state index in [0.29, 0.717) is 30.0 Å². The number of aliphatic hydroxyl groups is 1. The number of aliphatic hydroxyl groups excluding tert-OH is 1. The molecule has 1 spiro atoms. The van der Waals surface area contributed by atoms with Gasteiger partial charge in [-0.1, -0.05) is 49.4 Å². The van der Waals surface area contributed by atoms with E-state index >= 15 is 0 Å². The van der Waals surface area contributed by atoms with Crippen molar-refractivity contribution in [3.05, 3.63) is 54.6 Å². The molecule has 1 N–H and O–H groups in total. The fraction of sp³-hybridized carbons (Fsp3) is 0.519. The van der Waals surface area contributed by atoms with E-state index in [-0.39, 0.29) is 31.6 Å². The number of benzene rings is 1. The summed E-state index contributed by atoms with van der Waals surface area (Å²) in [6.07, 6.45) is 4.87. The molecule has 3 saturated heterocycles. The summed E-state index contributed by atoms with van der Waals surface area (Å²) in [5, 5.41) is 10.6. The third-order valence-corrected chi connectivity index (χ3v) is 10.1. The van der Waals surface area contributed by atoms with E-state index in [2.05, 4.69) is 13.2 Å². The van der Waals surface area contributed by atoms with Crippen molar-refractivity contribution in [2.75, 3.05) is 24.7 Å². The van der Waals surface area contributed by atoms with Crippen LogP contribution >= 0.6 is 23.4 Å². The number of thioether (sulfide) groups is 1. The maximum absolute atomic E-state index is 14.5. The van der Waals surface area contributed by atoms with Crippen molar-refractivity contribution >= 4 is 46.8 Å². The summed E-state index contributed by atoms with van der Waals surface area (Å²) in [5.74, 6) is -2.41. The average molecular weight is 533 g/mol. The zero-order valence-electron chi connectivity index (χ0n) is 20.7. The summed E-state index contributed by atoms with van der Waals surface area (Å²) in [6.45, 7) is 11.3. The lowest BCUT2D eigenvalue weighted by Gasteiger charge is -2.39. The van der Waals surface area contributed by atoms with Crippen LogP contribution in [0.15, 0.2) is 49.6 Å². The molecule has 0 radical (unpaired) electrons. The summed E-state index contributed by atoms with van der Waals surface area (Å²) >= 11 is 8.05. The van der Waals surface area contributed by atoms with Crippen molar-refractivity contribution in [3.63, 3.8) is 0 Å². The highest BCUT2D eigenvalue weighted by molar-refractivity contribution is 8.02. The molecule has 9 heteroatoms. The zero-order valence-corrected chi connectivity index (χ0v) is 22.3. The van der Waals surface area contributed by atoms with Crippen molar-refractivity contribution in [1.82, 2.24) is 4.90 Å². The molecule has 36 heavy (non-hydrogen) atoms. The number of rotatable bonds is 10. The quantitative estimate of drug-likeness (QED) is 0.364. The number of nitrogens with zero attached hydrogens (tertiary/aromatic N) is 2. The molecule has 3 fully saturated rings. The van der Waals surface area contributed by atoms with E-state index in [4.69, 9.17) is 16.3 Å². The molecule has 7 nitrogen and oxygen atoms in total. The largest absolute Gasteiger partial charge is 0.461 e. The minimum absolute atomic E-state index is 0.0594. The van der Waals surface area contributed by atoms with Crippen molar-refractivity contribution in [2.45, 2.75) is 54.7 Å². The monoisotopic (exact) mass is 532 g/mol. The number of carbonyl (C=O) groups excluding carboxylic acids is 3. The second-order valence-corrected chi connectivity index (χ2v) is 12.1. The van der Waals surface area contributed by atoms with E-state index in [1.807, 2.05) is 13.8 Å². The Hall–Kier alpha value is -2.29. The molecular weight excluding hydrogens is 500 g/mol. The molecule has 4 rings (SSSR count). The maximum Gasteiger partial charge on any atom is 0.311 e. The molecule has 3 heterocycles. The molecule has 0 saturated carbocycles. The first-order chi connectivity index (χ1) is 17.2. The predicted molar refractivity (Wildman–Crippen MR) is 142 cm³/mol. The number of halogens is 1. The Kier molecular flexibility index (Phi) is 7.60. The number of ether oxygens (including phenoxy) is 1. The standard InChI is InChI=1S/C27H33ClN2O5S/c1-5-14-29(19-11-9-8-10-18(19)28)24(33)22-27-13-12-26(4,36-27)21(25(34)35-15-6-2)20(27)23(32)30(22)17(7-3)16-31/h5-6,8-11,17,20-22,31H,1-2,7,12-16H2,3-4H3/t17-,20-,21+,22?,26-,27?/m0/s1. The maximum atomic E-state index is 14.5. The first-order valence-electron chi connectivity index (χ1n) is 12.3. The summed E-state index contributed by atoms with van der Waals surface area (Å²) in [5.41, 5.74) is 0.527. The van der Waals surface area contributed by atoms with Gasteiger partial charge in [0, 0.05) is 11.3 Å². The molecule has 0 aliphatic carbocycles. The molecule has 1 aromatic rings. The Morgan fingerprint density at radius 3 is 2.67 bits per heavy atom. The average Bonchev–Trinajstić information content (AvgIpc) is 3.43. The summed E-state index contributed by atoms with van der Waals surface area (Å²) in [6, 6.07) is 5.64. The van der Waals surface area contributed by atoms with Crippen LogP contribution in [-0.2, 0) is 19.1 Å². The molecule has 3 aliphatic heterocycles. The number of likely N-dealkylation sites (tertiary alicyclic amines) is 1. The molecule has 3 aliphatic rings. The highest BCUT2D eigenvalue weighted by Crippen LogP contribution is 2.71. The highest BCUT2D eigenvalue weighted by Gasteiger charge is 2.78. The Bertz CT molecular complexity index is 1080. The molecule has 1 aromatic carbocycles. The number of amides is 2. The van der Waals surface area contributed by atoms with Crippen molar-refractivity contribution in [3.8, 4) is 0 Å². The number of anilines is 1. The molecule has 2 bridgehead atoms. The third kappa shape index (κ3) is 3.98. The molecular formula is C27H33ClN2O5S. The van der Waals surface area contributed by atoms with Crippen LogP contribution in [0.3, 0.4) is 0 Å². The second-order valence-electron chi connectivity index (χ2n) is 9.83. The van der Waals surface area contributed by atoms with Gasteiger partial charge in [-0.3, -0.25) is 14.4 Å². The van der Waals surface area contributed by atoms with Crippen LogP contribution in [-0.4, -0.2) is 69.1 Å². The first-order valence-corrected chi connectivity index (χ1v) is 13.5. The number of esters is 1. The highest BCUT2D eigenvalue weighted by atomic mass is 35.5. The third-order valence-electron chi connectivity index (χ3n) is 7.84. The Labute approximate surface area is 221 Å². The molecule has 6 atom stereocenters. The Morgan fingerprint density at radius 2 is 2.06 bits per heavy atom. The van der Waals surface area contributed by atoms with Gasteiger partial charge in [0.2, 0.25) is 5.91 Å². The topological polar surface area (TPSA) is 87.1 Å². The van der Waals surface area contributed by atoms with Crippen LogP contribution in [0.2, 0.25) is 5.02 Å². The van der Waals surface area contributed by atoms with E-state index in [0.717, 1.165) is 0 Å². The van der Waals surface area contributed by atoms with Crippen LogP contribution in [0.25, 0.3) is 0 Å². The van der Waals surface area contributed by atoms with Crippen LogP contribution in [0.1, 0.15) is 33.1 Å². The van der Waals surface area contributed by atoms with Gasteiger partial charge in [-0.2, -0.15) is 0 Å². The Balaban J connectivity index is 1.84. The van der Waals surface area contributed by atoms with Crippen LogP contribution in [0.5, 0.6) is 0 Å². The van der Waals surface area contributed by atoms with Crippen LogP contribution < -0.4 is 4.90 Å². The molecule has 2 unspecified atom stereocenters. The van der Waals surface area contributed by atoms with Crippen molar-refractivity contribution in [2.24, 2.45) is 11.8 Å². The lowest BCUT2D eigenvalue weighted by atomic mass is 9.66. The summed E-state index contributed by atoms with van der Waals surface area (Å²) < 4.78 is 4.10. The number of hydrogen-bond donors (Lipinski definition) is 1. The van der Waals surface area contributed by atoms with Gasteiger partial charge in [0.05, 0.1) is 39.9 Å². The number of hydrogen-bond acceptors (Lipinski definition) is 6. The van der Waals surface area contributed by atoms with Gasteiger partial charge in [-0.05, 0) is 38.3 Å². The predicted octanol–water partition coefficient (Wildman–Crippen LogP) is 3.84. The SMILES string of the molecule is C=CCOC(=O)[C@H]1[C@H]2C(=O)N([C@@H](CC)CO)C(C(=O)N(CC=C)c3ccccc3Cl)C23CC[C@]1(C)S3. The number of fused-ring (bicyclic) bond motifs is 1. The zero-order chi connectivity index (χ0) is 26.3. The van der Waals surface area contributed by atoms with Gasteiger partial charge in [0.25, 0.3) is 5.91 Å². The van der Waals surface area contributed by atoms with Gasteiger partial charge >= 0.3 is 5.97 Å². The minimum Gasteiger partial charge on any atom is -0.461 e. The number of carbonyl (C=O) groups is 3.